The molecule has 0 aliphatic carbocycles. The largest absolute Gasteiger partial charge is 0.455 e. The summed E-state index contributed by atoms with van der Waals surface area (Å²) in [6.07, 6.45) is 1.07. The van der Waals surface area contributed by atoms with Crippen molar-refractivity contribution in [2.45, 2.75) is 26.2 Å². The van der Waals surface area contributed by atoms with Gasteiger partial charge in [0.05, 0.1) is 10.2 Å². The van der Waals surface area contributed by atoms with Crippen LogP contribution in [-0.4, -0.2) is 4.98 Å². The standard InChI is InChI=1S/C17H18N2OS/c1-3-11(2)12-6-4-5-7-13(12)20-14-8-9-15-17(16(14)18)19-10-21-15/h4-11H,3,18H2,1-2H3. The molecule has 4 heteroatoms. The number of nitrogens with two attached hydrogens (primary N) is 1. The molecule has 0 amide bonds. The number of aromatic nitrogens is 1. The van der Waals surface area contributed by atoms with Gasteiger partial charge in [-0.15, -0.1) is 11.3 Å². The number of hydrogen-bond donors (Lipinski definition) is 1. The number of benzene rings is 2. The third-order valence-electron chi connectivity index (χ3n) is 3.78. The van der Waals surface area contributed by atoms with Crippen molar-refractivity contribution < 1.29 is 4.74 Å². The first-order valence-electron chi connectivity index (χ1n) is 7.09. The normalized spacial score (nSPS) is 12.5. The molecular weight excluding hydrogens is 280 g/mol. The first kappa shape index (κ1) is 13.9. The summed E-state index contributed by atoms with van der Waals surface area (Å²) in [6, 6.07) is 12.1. The van der Waals surface area contributed by atoms with E-state index in [-0.39, 0.29) is 0 Å². The van der Waals surface area contributed by atoms with Gasteiger partial charge < -0.3 is 10.5 Å². The van der Waals surface area contributed by atoms with Gasteiger partial charge in [0.2, 0.25) is 0 Å². The minimum atomic E-state index is 0.449. The number of rotatable bonds is 4. The SMILES string of the molecule is CCC(C)c1ccccc1Oc1ccc2scnc2c1N. The Hall–Kier alpha value is -2.07. The number of anilines is 1. The Balaban J connectivity index is 2.01. The van der Waals surface area contributed by atoms with Crippen molar-refractivity contribution in [1.82, 2.24) is 4.98 Å². The van der Waals surface area contributed by atoms with Crippen molar-refractivity contribution in [1.29, 1.82) is 0 Å². The van der Waals surface area contributed by atoms with Crippen molar-refractivity contribution in [3.8, 4) is 11.5 Å². The predicted molar refractivity (Wildman–Crippen MR) is 89.3 cm³/mol. The lowest BCUT2D eigenvalue weighted by Crippen LogP contribution is -1.98. The van der Waals surface area contributed by atoms with E-state index in [2.05, 4.69) is 24.9 Å². The molecular formula is C17H18N2OS. The fourth-order valence-electron chi connectivity index (χ4n) is 2.34. The lowest BCUT2D eigenvalue weighted by molar-refractivity contribution is 0.473. The highest BCUT2D eigenvalue weighted by molar-refractivity contribution is 7.16. The number of nitrogens with zero attached hydrogens (tertiary/aromatic N) is 1. The van der Waals surface area contributed by atoms with Gasteiger partial charge in [0.25, 0.3) is 0 Å². The predicted octanol–water partition coefficient (Wildman–Crippen LogP) is 5.18. The molecule has 2 N–H and O–H groups in total. The number of fused-ring (bicyclic) bond motifs is 1. The Morgan fingerprint density at radius 1 is 1.19 bits per heavy atom. The van der Waals surface area contributed by atoms with Gasteiger partial charge in [-0.2, -0.15) is 0 Å². The highest BCUT2D eigenvalue weighted by atomic mass is 32.1. The molecule has 0 aliphatic heterocycles. The molecule has 1 heterocycles. The van der Waals surface area contributed by atoms with Crippen LogP contribution in [0.4, 0.5) is 5.69 Å². The first-order chi connectivity index (χ1) is 10.2. The summed E-state index contributed by atoms with van der Waals surface area (Å²) in [4.78, 5) is 4.31. The van der Waals surface area contributed by atoms with Crippen LogP contribution in [0, 0.1) is 0 Å². The molecule has 3 aromatic rings. The molecule has 0 fully saturated rings. The van der Waals surface area contributed by atoms with Gasteiger partial charge >= 0.3 is 0 Å². The molecule has 0 radical (unpaired) electrons. The highest BCUT2D eigenvalue weighted by Gasteiger charge is 2.13. The lowest BCUT2D eigenvalue weighted by Gasteiger charge is -2.16. The van der Waals surface area contributed by atoms with E-state index in [1.165, 1.54) is 5.56 Å². The zero-order chi connectivity index (χ0) is 14.8. The van der Waals surface area contributed by atoms with Gasteiger partial charge in [0.15, 0.2) is 5.75 Å². The molecule has 0 saturated heterocycles. The maximum absolute atomic E-state index is 6.19. The zero-order valence-corrected chi connectivity index (χ0v) is 13.0. The second kappa shape index (κ2) is 5.74. The van der Waals surface area contributed by atoms with Crippen molar-refractivity contribution >= 4 is 27.2 Å². The van der Waals surface area contributed by atoms with Crippen LogP contribution >= 0.6 is 11.3 Å². The van der Waals surface area contributed by atoms with Gasteiger partial charge in [-0.1, -0.05) is 32.0 Å². The molecule has 1 aromatic heterocycles. The lowest BCUT2D eigenvalue weighted by atomic mass is 9.98. The summed E-state index contributed by atoms with van der Waals surface area (Å²) < 4.78 is 7.16. The monoisotopic (exact) mass is 298 g/mol. The smallest absolute Gasteiger partial charge is 0.152 e. The van der Waals surface area contributed by atoms with Crippen molar-refractivity contribution in [3.63, 3.8) is 0 Å². The van der Waals surface area contributed by atoms with Gasteiger partial charge in [0.1, 0.15) is 17.0 Å². The van der Waals surface area contributed by atoms with E-state index in [1.54, 1.807) is 16.8 Å². The van der Waals surface area contributed by atoms with E-state index < -0.39 is 0 Å². The third kappa shape index (κ3) is 2.59. The molecule has 2 aromatic carbocycles. The van der Waals surface area contributed by atoms with Crippen LogP contribution in [0.2, 0.25) is 0 Å². The number of nitrogen functional groups attached to an aromatic ring is 1. The molecule has 1 unspecified atom stereocenters. The Kier molecular flexibility index (Phi) is 3.80. The third-order valence-corrected chi connectivity index (χ3v) is 4.58. The maximum Gasteiger partial charge on any atom is 0.152 e. The molecule has 1 atom stereocenters. The summed E-state index contributed by atoms with van der Waals surface area (Å²) in [5.74, 6) is 1.99. The molecule has 3 nitrogen and oxygen atoms in total. The fraction of sp³-hybridized carbons (Fsp3) is 0.235. The van der Waals surface area contributed by atoms with Crippen molar-refractivity contribution in [2.75, 3.05) is 5.73 Å². The summed E-state index contributed by atoms with van der Waals surface area (Å²) in [7, 11) is 0. The van der Waals surface area contributed by atoms with Crippen LogP contribution in [0.15, 0.2) is 41.9 Å². The highest BCUT2D eigenvalue weighted by Crippen LogP contribution is 2.37. The molecule has 21 heavy (non-hydrogen) atoms. The average molecular weight is 298 g/mol. The topological polar surface area (TPSA) is 48.1 Å². The van der Waals surface area contributed by atoms with Crippen molar-refractivity contribution in [2.24, 2.45) is 0 Å². The van der Waals surface area contributed by atoms with Gasteiger partial charge in [-0.3, -0.25) is 0 Å². The van der Waals surface area contributed by atoms with Crippen LogP contribution in [-0.2, 0) is 0 Å². The van der Waals surface area contributed by atoms with E-state index in [4.69, 9.17) is 10.5 Å². The second-order valence-corrected chi connectivity index (χ2v) is 6.01. The van der Waals surface area contributed by atoms with Crippen LogP contribution in [0.5, 0.6) is 11.5 Å². The Morgan fingerprint density at radius 3 is 2.81 bits per heavy atom. The molecule has 3 rings (SSSR count). The van der Waals surface area contributed by atoms with Crippen LogP contribution in [0.25, 0.3) is 10.2 Å². The molecule has 108 valence electrons. The number of ether oxygens (including phenoxy) is 1. The van der Waals surface area contributed by atoms with Crippen molar-refractivity contribution in [3.05, 3.63) is 47.5 Å². The van der Waals surface area contributed by atoms with Gasteiger partial charge in [-0.05, 0) is 36.1 Å². The maximum atomic E-state index is 6.19. The fourth-order valence-corrected chi connectivity index (χ4v) is 3.03. The van der Waals surface area contributed by atoms with E-state index >= 15 is 0 Å². The first-order valence-corrected chi connectivity index (χ1v) is 7.97. The minimum Gasteiger partial charge on any atom is -0.455 e. The van der Waals surface area contributed by atoms with Crippen LogP contribution in [0.3, 0.4) is 0 Å². The summed E-state index contributed by atoms with van der Waals surface area (Å²) >= 11 is 1.58. The van der Waals surface area contributed by atoms with Gasteiger partial charge in [-0.25, -0.2) is 4.98 Å². The van der Waals surface area contributed by atoms with Gasteiger partial charge in [0, 0.05) is 0 Å². The minimum absolute atomic E-state index is 0.449. The molecule has 0 bridgehead atoms. The van der Waals surface area contributed by atoms with Crippen LogP contribution in [0.1, 0.15) is 31.7 Å². The van der Waals surface area contributed by atoms with E-state index in [0.29, 0.717) is 17.4 Å². The number of thiazole rings is 1. The zero-order valence-electron chi connectivity index (χ0n) is 12.2. The van der Waals surface area contributed by atoms with E-state index in [0.717, 1.165) is 22.4 Å². The molecule has 0 spiro atoms. The second-order valence-electron chi connectivity index (χ2n) is 5.13. The van der Waals surface area contributed by atoms with E-state index in [9.17, 15) is 0 Å². The van der Waals surface area contributed by atoms with Crippen LogP contribution < -0.4 is 10.5 Å². The summed E-state index contributed by atoms with van der Waals surface area (Å²) in [5.41, 5.74) is 10.6. The molecule has 0 aliphatic rings. The number of para-hydroxylation sites is 1. The summed E-state index contributed by atoms with van der Waals surface area (Å²) in [6.45, 7) is 4.38. The Bertz CT molecular complexity index is 766. The average Bonchev–Trinajstić information content (AvgIpc) is 2.99. The quantitative estimate of drug-likeness (QED) is 0.675. The Labute approximate surface area is 128 Å². The molecule has 0 saturated carbocycles. The number of hydrogen-bond acceptors (Lipinski definition) is 4. The Morgan fingerprint density at radius 2 is 2.00 bits per heavy atom. The summed E-state index contributed by atoms with van der Waals surface area (Å²) in [5, 5.41) is 0. The van der Waals surface area contributed by atoms with E-state index in [1.807, 2.05) is 30.3 Å².